The van der Waals surface area contributed by atoms with Gasteiger partial charge in [-0.1, -0.05) is 140 Å². The molecule has 0 saturated carbocycles. The topological polar surface area (TPSA) is 16.4 Å². The molecule has 1 heterocycles. The van der Waals surface area contributed by atoms with Gasteiger partial charge in [0.15, 0.2) is 5.58 Å². The van der Waals surface area contributed by atoms with E-state index in [1.807, 2.05) is 12.1 Å². The zero-order chi connectivity index (χ0) is 33.0. The molecule has 0 bridgehead atoms. The molecule has 0 atom stereocenters. The summed E-state index contributed by atoms with van der Waals surface area (Å²) in [5.74, 6) is 0. The average molecular weight is 638 g/mol. The number of furan rings is 1. The number of anilines is 3. The molecule has 10 rings (SSSR count). The lowest BCUT2D eigenvalue weighted by atomic mass is 9.91. The summed E-state index contributed by atoms with van der Waals surface area (Å²) in [6, 6.07) is 62.9. The summed E-state index contributed by atoms with van der Waals surface area (Å²) in [5.41, 5.74) is 14.7. The van der Waals surface area contributed by atoms with Crippen LogP contribution in [0.25, 0.3) is 78.2 Å². The molecular weight excluding hydrogens is 607 g/mol. The van der Waals surface area contributed by atoms with Crippen molar-refractivity contribution in [1.82, 2.24) is 0 Å². The summed E-state index contributed by atoms with van der Waals surface area (Å²) in [5, 5.41) is 4.84. The van der Waals surface area contributed by atoms with E-state index in [9.17, 15) is 0 Å². The second-order valence-corrected chi connectivity index (χ2v) is 12.9. The Hall–Kier alpha value is -6.64. The van der Waals surface area contributed by atoms with Crippen LogP contribution < -0.4 is 4.90 Å². The van der Waals surface area contributed by atoms with E-state index in [0.29, 0.717) is 0 Å². The minimum absolute atomic E-state index is 0.874. The molecule has 234 valence electrons. The first kappa shape index (κ1) is 28.4. The first-order valence-corrected chi connectivity index (χ1v) is 17.1. The molecule has 1 aliphatic carbocycles. The van der Waals surface area contributed by atoms with Gasteiger partial charge in [0.2, 0.25) is 0 Å². The molecule has 1 aliphatic rings. The number of hydrogen-bond acceptors (Lipinski definition) is 2. The van der Waals surface area contributed by atoms with E-state index < -0.39 is 0 Å². The third-order valence-electron chi connectivity index (χ3n) is 10.0. The Balaban J connectivity index is 1.11. The van der Waals surface area contributed by atoms with Crippen LogP contribution in [-0.4, -0.2) is 0 Å². The zero-order valence-electron chi connectivity index (χ0n) is 27.3. The van der Waals surface area contributed by atoms with E-state index in [2.05, 4.69) is 181 Å². The number of benzene rings is 8. The van der Waals surface area contributed by atoms with Crippen LogP contribution in [0.4, 0.5) is 17.1 Å². The van der Waals surface area contributed by atoms with Crippen LogP contribution in [0.5, 0.6) is 0 Å². The normalized spacial score (nSPS) is 11.9. The molecule has 0 amide bonds. The van der Waals surface area contributed by atoms with Gasteiger partial charge in [-0.25, -0.2) is 0 Å². The van der Waals surface area contributed by atoms with Crippen molar-refractivity contribution < 1.29 is 4.42 Å². The van der Waals surface area contributed by atoms with Gasteiger partial charge in [0.1, 0.15) is 5.58 Å². The highest BCUT2D eigenvalue weighted by molar-refractivity contribution is 6.12. The van der Waals surface area contributed by atoms with Gasteiger partial charge in [-0.3, -0.25) is 0 Å². The summed E-state index contributed by atoms with van der Waals surface area (Å²) < 4.78 is 6.56. The van der Waals surface area contributed by atoms with Crippen LogP contribution in [-0.2, 0) is 0 Å². The molecule has 9 aromatic rings. The van der Waals surface area contributed by atoms with Gasteiger partial charge in [-0.15, -0.1) is 0 Å². The fourth-order valence-electron chi connectivity index (χ4n) is 7.60. The highest BCUT2D eigenvalue weighted by Crippen LogP contribution is 2.44. The first-order chi connectivity index (χ1) is 24.8. The molecule has 0 spiro atoms. The maximum absolute atomic E-state index is 6.56. The van der Waals surface area contributed by atoms with Crippen LogP contribution >= 0.6 is 0 Å². The summed E-state index contributed by atoms with van der Waals surface area (Å²) in [7, 11) is 0. The van der Waals surface area contributed by atoms with Crippen LogP contribution in [0.15, 0.2) is 180 Å². The largest absolute Gasteiger partial charge is 0.454 e. The Morgan fingerprint density at radius 3 is 1.72 bits per heavy atom. The van der Waals surface area contributed by atoms with Crippen molar-refractivity contribution >= 4 is 61.9 Å². The Labute approximate surface area is 290 Å². The molecule has 50 heavy (non-hydrogen) atoms. The van der Waals surface area contributed by atoms with Crippen LogP contribution in [0.3, 0.4) is 0 Å². The Morgan fingerprint density at radius 1 is 0.380 bits per heavy atom. The van der Waals surface area contributed by atoms with Gasteiger partial charge in [0, 0.05) is 22.1 Å². The Bertz CT molecular complexity index is 2720. The highest BCUT2D eigenvalue weighted by Gasteiger charge is 2.20. The molecule has 2 heteroatoms. The first-order valence-electron chi connectivity index (χ1n) is 17.1. The maximum atomic E-state index is 6.56. The standard InChI is InChI=1S/C48H31NO/c1-3-10-32(11-4-1)33-20-25-39(26-21-33)49(45-16-9-15-43-42-14-7-8-17-46(42)50-48(43)45)40-27-22-34(23-28-40)38-30-37-19-18-36-24-29-41(44(31-38)47(36)37)35-12-5-2-6-13-35/h1-31H. The molecule has 0 radical (unpaired) electrons. The third kappa shape index (κ3) is 4.65. The van der Waals surface area contributed by atoms with Crippen LogP contribution in [0, 0.1) is 0 Å². The van der Waals surface area contributed by atoms with E-state index in [-0.39, 0.29) is 0 Å². The van der Waals surface area contributed by atoms with E-state index in [1.165, 1.54) is 55.3 Å². The zero-order valence-corrected chi connectivity index (χ0v) is 27.3. The molecule has 0 saturated heterocycles. The van der Waals surface area contributed by atoms with Gasteiger partial charge in [-0.05, 0) is 104 Å². The van der Waals surface area contributed by atoms with Crippen molar-refractivity contribution in [1.29, 1.82) is 0 Å². The third-order valence-corrected chi connectivity index (χ3v) is 10.0. The van der Waals surface area contributed by atoms with Crippen molar-refractivity contribution in [2.75, 3.05) is 4.90 Å². The molecule has 0 N–H and O–H groups in total. The molecule has 0 unspecified atom stereocenters. The minimum atomic E-state index is 0.874. The van der Waals surface area contributed by atoms with E-state index in [4.69, 9.17) is 4.42 Å². The fraction of sp³-hybridized carbons (Fsp3) is 0. The second-order valence-electron chi connectivity index (χ2n) is 12.9. The van der Waals surface area contributed by atoms with Gasteiger partial charge in [0.05, 0.1) is 5.69 Å². The fourth-order valence-corrected chi connectivity index (χ4v) is 7.60. The number of fused-ring (bicyclic) bond motifs is 3. The SMILES string of the molecule is C1=Cc2cc(-c3ccc(N(c4ccc(-c5ccccc5)cc4)c4cccc5c4oc4ccccc45)cc3)cc3c(-c4ccccc4)ccc1c23. The van der Waals surface area contributed by atoms with E-state index >= 15 is 0 Å². The number of rotatable bonds is 6. The average Bonchev–Trinajstić information content (AvgIpc) is 3.79. The van der Waals surface area contributed by atoms with E-state index in [1.54, 1.807) is 0 Å². The second kappa shape index (κ2) is 11.5. The monoisotopic (exact) mass is 637 g/mol. The van der Waals surface area contributed by atoms with Crippen molar-refractivity contribution in [2.45, 2.75) is 0 Å². The Kier molecular flexibility index (Phi) is 6.53. The lowest BCUT2D eigenvalue weighted by molar-refractivity contribution is 0.669. The smallest absolute Gasteiger partial charge is 0.159 e. The van der Waals surface area contributed by atoms with Gasteiger partial charge in [0.25, 0.3) is 0 Å². The number of para-hydroxylation sites is 2. The van der Waals surface area contributed by atoms with Crippen molar-refractivity contribution in [3.63, 3.8) is 0 Å². The summed E-state index contributed by atoms with van der Waals surface area (Å²) in [4.78, 5) is 2.31. The predicted octanol–water partition coefficient (Wildman–Crippen LogP) is 13.7. The number of hydrogen-bond donors (Lipinski definition) is 0. The Morgan fingerprint density at radius 2 is 0.980 bits per heavy atom. The summed E-state index contributed by atoms with van der Waals surface area (Å²) in [6.45, 7) is 0. The molecule has 1 aromatic heterocycles. The van der Waals surface area contributed by atoms with Crippen molar-refractivity contribution in [2.24, 2.45) is 0 Å². The van der Waals surface area contributed by atoms with Gasteiger partial charge < -0.3 is 9.32 Å². The predicted molar refractivity (Wildman–Crippen MR) is 211 cm³/mol. The quantitative estimate of drug-likeness (QED) is 0.180. The molecular formula is C48H31NO. The maximum Gasteiger partial charge on any atom is 0.159 e. The van der Waals surface area contributed by atoms with Gasteiger partial charge >= 0.3 is 0 Å². The summed E-state index contributed by atoms with van der Waals surface area (Å²) in [6.07, 6.45) is 4.48. The summed E-state index contributed by atoms with van der Waals surface area (Å²) >= 11 is 0. The number of nitrogens with zero attached hydrogens (tertiary/aromatic N) is 1. The lowest BCUT2D eigenvalue weighted by Gasteiger charge is -2.26. The van der Waals surface area contributed by atoms with Crippen molar-refractivity contribution in [3.8, 4) is 33.4 Å². The molecule has 0 aliphatic heterocycles. The van der Waals surface area contributed by atoms with Crippen LogP contribution in [0.2, 0.25) is 0 Å². The van der Waals surface area contributed by atoms with Gasteiger partial charge in [-0.2, -0.15) is 0 Å². The highest BCUT2D eigenvalue weighted by atomic mass is 16.3. The van der Waals surface area contributed by atoms with Crippen molar-refractivity contribution in [3.05, 3.63) is 187 Å². The minimum Gasteiger partial charge on any atom is -0.454 e. The molecule has 8 aromatic carbocycles. The molecule has 2 nitrogen and oxygen atoms in total. The lowest BCUT2D eigenvalue weighted by Crippen LogP contribution is -2.10. The molecule has 0 fully saturated rings. The van der Waals surface area contributed by atoms with E-state index in [0.717, 1.165) is 39.0 Å². The van der Waals surface area contributed by atoms with Crippen LogP contribution in [0.1, 0.15) is 11.1 Å².